The van der Waals surface area contributed by atoms with Crippen molar-refractivity contribution in [3.8, 4) is 11.5 Å². The van der Waals surface area contributed by atoms with Gasteiger partial charge in [0.2, 0.25) is 5.91 Å². The minimum absolute atomic E-state index is 0. The van der Waals surface area contributed by atoms with Crippen molar-refractivity contribution >= 4 is 18.3 Å². The zero-order valence-electron chi connectivity index (χ0n) is 15.6. The number of halogens is 1. The number of ether oxygens (including phenoxy) is 2. The minimum Gasteiger partial charge on any atom is -0.492 e. The first-order chi connectivity index (χ1) is 12.7. The number of benzene rings is 2. The van der Waals surface area contributed by atoms with Crippen molar-refractivity contribution < 1.29 is 14.3 Å². The van der Waals surface area contributed by atoms with Crippen LogP contribution in [0.3, 0.4) is 0 Å². The first-order valence-electron chi connectivity index (χ1n) is 9.07. The molecule has 0 aliphatic carbocycles. The van der Waals surface area contributed by atoms with Crippen molar-refractivity contribution in [3.63, 3.8) is 0 Å². The second-order valence-electron chi connectivity index (χ2n) is 6.54. The molecule has 0 saturated carbocycles. The molecule has 2 aromatic carbocycles. The Kier molecular flexibility index (Phi) is 8.43. The summed E-state index contributed by atoms with van der Waals surface area (Å²) in [5.74, 6) is 1.90. The minimum atomic E-state index is 0. The molecule has 5 nitrogen and oxygen atoms in total. The summed E-state index contributed by atoms with van der Waals surface area (Å²) in [5, 5.41) is 3.23. The summed E-state index contributed by atoms with van der Waals surface area (Å²) < 4.78 is 11.5. The predicted octanol–water partition coefficient (Wildman–Crippen LogP) is 3.13. The number of carbonyl (C=O) groups excluding carboxylic acids is 1. The fourth-order valence-electron chi connectivity index (χ4n) is 2.96. The SMILES string of the molecule is CN(CCOc1ccc(OCc2ccccc2)cc1)C(=O)C1CCNC1.Cl. The van der Waals surface area contributed by atoms with Crippen LogP contribution in [0.25, 0.3) is 0 Å². The Morgan fingerprint density at radius 2 is 1.74 bits per heavy atom. The summed E-state index contributed by atoms with van der Waals surface area (Å²) in [7, 11) is 1.84. The van der Waals surface area contributed by atoms with E-state index in [2.05, 4.69) is 5.32 Å². The molecule has 27 heavy (non-hydrogen) atoms. The van der Waals surface area contributed by atoms with Gasteiger partial charge in [0.05, 0.1) is 12.5 Å². The van der Waals surface area contributed by atoms with E-state index in [9.17, 15) is 4.79 Å². The number of nitrogens with zero attached hydrogens (tertiary/aromatic N) is 1. The molecule has 6 heteroatoms. The molecule has 0 spiro atoms. The summed E-state index contributed by atoms with van der Waals surface area (Å²) in [5.41, 5.74) is 1.14. The van der Waals surface area contributed by atoms with Crippen molar-refractivity contribution in [2.24, 2.45) is 5.92 Å². The van der Waals surface area contributed by atoms with Gasteiger partial charge in [0.15, 0.2) is 0 Å². The largest absolute Gasteiger partial charge is 0.492 e. The molecule has 146 valence electrons. The van der Waals surface area contributed by atoms with Crippen LogP contribution in [0.5, 0.6) is 11.5 Å². The van der Waals surface area contributed by atoms with Gasteiger partial charge in [-0.05, 0) is 42.8 Å². The number of likely N-dealkylation sites (N-methyl/N-ethyl adjacent to an activating group) is 1. The maximum absolute atomic E-state index is 12.2. The van der Waals surface area contributed by atoms with Crippen molar-refractivity contribution in [1.29, 1.82) is 0 Å². The van der Waals surface area contributed by atoms with E-state index >= 15 is 0 Å². The highest BCUT2D eigenvalue weighted by atomic mass is 35.5. The van der Waals surface area contributed by atoms with E-state index in [0.29, 0.717) is 19.8 Å². The molecule has 1 unspecified atom stereocenters. The van der Waals surface area contributed by atoms with Gasteiger partial charge in [-0.25, -0.2) is 0 Å². The summed E-state index contributed by atoms with van der Waals surface area (Å²) in [6.45, 7) is 3.33. The lowest BCUT2D eigenvalue weighted by molar-refractivity contribution is -0.133. The zero-order valence-corrected chi connectivity index (χ0v) is 16.4. The van der Waals surface area contributed by atoms with Gasteiger partial charge in [0, 0.05) is 13.6 Å². The monoisotopic (exact) mass is 390 g/mol. The lowest BCUT2D eigenvalue weighted by atomic mass is 10.1. The van der Waals surface area contributed by atoms with Crippen LogP contribution in [0.1, 0.15) is 12.0 Å². The molecule has 1 aliphatic rings. The molecule has 1 saturated heterocycles. The Morgan fingerprint density at radius 1 is 1.07 bits per heavy atom. The smallest absolute Gasteiger partial charge is 0.226 e. The van der Waals surface area contributed by atoms with Crippen LogP contribution >= 0.6 is 12.4 Å². The molecular weight excluding hydrogens is 364 g/mol. The summed E-state index contributed by atoms with van der Waals surface area (Å²) in [4.78, 5) is 14.0. The van der Waals surface area contributed by atoms with Gasteiger partial charge in [-0.3, -0.25) is 4.79 Å². The van der Waals surface area contributed by atoms with Gasteiger partial charge < -0.3 is 19.7 Å². The van der Waals surface area contributed by atoms with E-state index in [1.54, 1.807) is 4.90 Å². The third-order valence-electron chi connectivity index (χ3n) is 4.55. The van der Waals surface area contributed by atoms with Gasteiger partial charge in [-0.2, -0.15) is 0 Å². The van der Waals surface area contributed by atoms with Crippen LogP contribution in [-0.4, -0.2) is 44.1 Å². The molecule has 1 atom stereocenters. The van der Waals surface area contributed by atoms with Crippen LogP contribution in [0, 0.1) is 5.92 Å². The third-order valence-corrected chi connectivity index (χ3v) is 4.55. The Bertz CT molecular complexity index is 688. The maximum Gasteiger partial charge on any atom is 0.226 e. The van der Waals surface area contributed by atoms with E-state index in [1.165, 1.54) is 0 Å². The molecule has 1 heterocycles. The topological polar surface area (TPSA) is 50.8 Å². The second kappa shape index (κ2) is 10.8. The van der Waals surface area contributed by atoms with Gasteiger partial charge in [0.25, 0.3) is 0 Å². The van der Waals surface area contributed by atoms with Crippen molar-refractivity contribution in [2.45, 2.75) is 13.0 Å². The van der Waals surface area contributed by atoms with E-state index in [-0.39, 0.29) is 24.2 Å². The van der Waals surface area contributed by atoms with Crippen LogP contribution in [0.4, 0.5) is 0 Å². The van der Waals surface area contributed by atoms with Gasteiger partial charge in [-0.15, -0.1) is 12.4 Å². The predicted molar refractivity (Wildman–Crippen MR) is 109 cm³/mol. The number of nitrogens with one attached hydrogen (secondary N) is 1. The third kappa shape index (κ3) is 6.45. The number of carbonyl (C=O) groups is 1. The molecule has 1 fully saturated rings. The van der Waals surface area contributed by atoms with E-state index in [4.69, 9.17) is 9.47 Å². The van der Waals surface area contributed by atoms with Crippen molar-refractivity contribution in [3.05, 3.63) is 60.2 Å². The summed E-state index contributed by atoms with van der Waals surface area (Å²) in [6.07, 6.45) is 0.925. The highest BCUT2D eigenvalue weighted by molar-refractivity contribution is 5.85. The number of amides is 1. The standard InChI is InChI=1S/C21H26N2O3.ClH/c1-23(21(24)18-11-12-22-15-18)13-14-25-19-7-9-20(10-8-19)26-16-17-5-3-2-4-6-17;/h2-10,18,22H,11-16H2,1H3;1H. The molecule has 0 radical (unpaired) electrons. The molecule has 1 N–H and O–H groups in total. The Morgan fingerprint density at radius 3 is 2.37 bits per heavy atom. The van der Waals surface area contributed by atoms with E-state index in [1.807, 2.05) is 61.6 Å². The Balaban J connectivity index is 0.00000261. The fraction of sp³-hybridized carbons (Fsp3) is 0.381. The number of hydrogen-bond donors (Lipinski definition) is 1. The fourth-order valence-corrected chi connectivity index (χ4v) is 2.96. The van der Waals surface area contributed by atoms with Gasteiger partial charge >= 0.3 is 0 Å². The Hall–Kier alpha value is -2.24. The molecule has 1 aliphatic heterocycles. The lowest BCUT2D eigenvalue weighted by Crippen LogP contribution is -2.36. The molecule has 0 aromatic heterocycles. The molecule has 2 aromatic rings. The zero-order chi connectivity index (χ0) is 18.2. The molecule has 0 bridgehead atoms. The molecular formula is C21H27ClN2O3. The van der Waals surface area contributed by atoms with Crippen LogP contribution in [0.15, 0.2) is 54.6 Å². The van der Waals surface area contributed by atoms with Crippen molar-refractivity contribution in [2.75, 3.05) is 33.3 Å². The maximum atomic E-state index is 12.2. The highest BCUT2D eigenvalue weighted by Gasteiger charge is 2.24. The van der Waals surface area contributed by atoms with Crippen LogP contribution in [0.2, 0.25) is 0 Å². The Labute approximate surface area is 167 Å². The first kappa shape index (κ1) is 21.1. The quantitative estimate of drug-likeness (QED) is 0.752. The van der Waals surface area contributed by atoms with Crippen LogP contribution < -0.4 is 14.8 Å². The number of rotatable bonds is 8. The summed E-state index contributed by atoms with van der Waals surface area (Å²) >= 11 is 0. The van der Waals surface area contributed by atoms with Crippen molar-refractivity contribution in [1.82, 2.24) is 10.2 Å². The van der Waals surface area contributed by atoms with E-state index in [0.717, 1.165) is 36.6 Å². The molecule has 3 rings (SSSR count). The first-order valence-corrected chi connectivity index (χ1v) is 9.07. The van der Waals surface area contributed by atoms with Gasteiger partial charge in [0.1, 0.15) is 24.7 Å². The second-order valence-corrected chi connectivity index (χ2v) is 6.54. The highest BCUT2D eigenvalue weighted by Crippen LogP contribution is 2.19. The molecule has 1 amide bonds. The van der Waals surface area contributed by atoms with E-state index < -0.39 is 0 Å². The van der Waals surface area contributed by atoms with Crippen LogP contribution in [-0.2, 0) is 11.4 Å². The average molecular weight is 391 g/mol. The average Bonchev–Trinajstić information content (AvgIpc) is 3.22. The number of hydrogen-bond acceptors (Lipinski definition) is 4. The summed E-state index contributed by atoms with van der Waals surface area (Å²) in [6, 6.07) is 17.7. The normalized spacial score (nSPS) is 15.7. The van der Waals surface area contributed by atoms with Gasteiger partial charge in [-0.1, -0.05) is 30.3 Å². The lowest BCUT2D eigenvalue weighted by Gasteiger charge is -2.20.